The molecular formula is C68H108O11P2. The van der Waals surface area contributed by atoms with E-state index in [1.54, 1.807) is 0 Å². The molecule has 4 rings (SSSR count). The van der Waals surface area contributed by atoms with Crippen LogP contribution >= 0.6 is 17.2 Å². The Bertz CT molecular complexity index is 2620. The van der Waals surface area contributed by atoms with Crippen molar-refractivity contribution < 1.29 is 53.4 Å². The number of ether oxygens (including phenoxy) is 1. The van der Waals surface area contributed by atoms with Crippen molar-refractivity contribution in [3.05, 3.63) is 133 Å². The largest absolute Gasteiger partial charge is 0.484 e. The highest BCUT2D eigenvalue weighted by Gasteiger charge is 2.60. The Balaban J connectivity index is 2.31. The first-order valence-electron chi connectivity index (χ1n) is 28.9. The lowest BCUT2D eigenvalue weighted by Crippen LogP contribution is -2.57. The Hall–Kier alpha value is -2.86. The van der Waals surface area contributed by atoms with Crippen LogP contribution in [0.15, 0.2) is 60.7 Å². The minimum atomic E-state index is -3.20. The molecule has 0 spiro atoms. The fraction of sp³-hybridized carbons (Fsp3) is 0.647. The van der Waals surface area contributed by atoms with Crippen molar-refractivity contribution in [3.63, 3.8) is 0 Å². The first kappa shape index (κ1) is 70.6. The monoisotopic (exact) mass is 1160 g/mol. The average molecular weight is 1160 g/mol. The zero-order valence-electron chi connectivity index (χ0n) is 54.8. The highest BCUT2D eigenvalue weighted by molar-refractivity contribution is 7.40. The van der Waals surface area contributed by atoms with Gasteiger partial charge in [0.05, 0.1) is 50.5 Å². The van der Waals surface area contributed by atoms with Crippen LogP contribution < -0.4 is 4.74 Å². The van der Waals surface area contributed by atoms with Crippen molar-refractivity contribution in [3.8, 4) is 5.75 Å². The van der Waals surface area contributed by atoms with Gasteiger partial charge in [-0.2, -0.15) is 0 Å². The van der Waals surface area contributed by atoms with Crippen LogP contribution in [0, 0.1) is 24.7 Å². The zero-order chi connectivity index (χ0) is 62.5. The van der Waals surface area contributed by atoms with Crippen LogP contribution in [-0.4, -0.2) is 74.7 Å². The van der Waals surface area contributed by atoms with Crippen molar-refractivity contribution in [2.75, 3.05) is 39.6 Å². The quantitative estimate of drug-likeness (QED) is 0.0445. The number of hydrogen-bond donors (Lipinski definition) is 7. The predicted molar refractivity (Wildman–Crippen MR) is 336 cm³/mol. The third-order valence-electron chi connectivity index (χ3n) is 16.1. The molecule has 2 atom stereocenters. The molecule has 0 amide bonds. The van der Waals surface area contributed by atoms with Crippen LogP contribution in [0.25, 0.3) is 0 Å². The van der Waals surface area contributed by atoms with Gasteiger partial charge in [0.2, 0.25) is 0 Å². The fourth-order valence-electron chi connectivity index (χ4n) is 11.1. The maximum absolute atomic E-state index is 13.2. The van der Waals surface area contributed by atoms with Gasteiger partial charge in [0.25, 0.3) is 0 Å². The molecule has 0 aliphatic rings. The van der Waals surface area contributed by atoms with E-state index in [-0.39, 0.29) is 10.8 Å². The van der Waals surface area contributed by atoms with Crippen molar-refractivity contribution in [1.82, 2.24) is 0 Å². The van der Waals surface area contributed by atoms with E-state index < -0.39 is 112 Å². The summed E-state index contributed by atoms with van der Waals surface area (Å²) in [5.74, 6) is 0.629. The normalized spacial score (nSPS) is 14.9. The van der Waals surface area contributed by atoms with Gasteiger partial charge in [-0.25, -0.2) is 0 Å². The van der Waals surface area contributed by atoms with Gasteiger partial charge in [0, 0.05) is 16.7 Å². The lowest BCUT2D eigenvalue weighted by molar-refractivity contribution is -0.128. The molecule has 0 saturated carbocycles. The van der Waals surface area contributed by atoms with E-state index in [1.807, 2.05) is 24.3 Å². The maximum Gasteiger partial charge on any atom is 0.331 e. The molecule has 13 heteroatoms. The summed E-state index contributed by atoms with van der Waals surface area (Å²) in [7, 11) is -6.24. The first-order chi connectivity index (χ1) is 36.5. The van der Waals surface area contributed by atoms with Crippen LogP contribution in [0.3, 0.4) is 0 Å². The molecule has 0 aliphatic heterocycles. The molecule has 0 aromatic heterocycles. The fourth-order valence-corrected chi connectivity index (χ4v) is 12.5. The maximum atomic E-state index is 13.2. The lowest BCUT2D eigenvalue weighted by atomic mass is 9.60. The number of benzene rings is 4. The van der Waals surface area contributed by atoms with Crippen molar-refractivity contribution in [2.24, 2.45) is 10.8 Å². The molecule has 0 saturated heterocycles. The highest BCUT2D eigenvalue weighted by atomic mass is 31.2. The molecule has 81 heavy (non-hydrogen) atoms. The third-order valence-corrected chi connectivity index (χ3v) is 17.2. The van der Waals surface area contributed by atoms with Crippen LogP contribution in [0.2, 0.25) is 0 Å². The number of hydrogen-bond acceptors (Lipinski definition) is 11. The molecule has 0 bridgehead atoms. The van der Waals surface area contributed by atoms with E-state index in [1.165, 1.54) is 0 Å². The van der Waals surface area contributed by atoms with Gasteiger partial charge in [-0.3, -0.25) is 4.52 Å². The summed E-state index contributed by atoms with van der Waals surface area (Å²) in [6.45, 7) is 50.9. The van der Waals surface area contributed by atoms with Gasteiger partial charge < -0.3 is 48.9 Å². The van der Waals surface area contributed by atoms with E-state index in [0.29, 0.717) is 16.9 Å². The van der Waals surface area contributed by atoms with Gasteiger partial charge in [-0.15, -0.1) is 0 Å². The number of aliphatic hydroxyl groups is 4. The molecule has 0 fully saturated rings. The molecule has 7 N–H and O–H groups in total. The molecule has 4 aromatic carbocycles. The summed E-state index contributed by atoms with van der Waals surface area (Å²) in [6, 6.07) is 20.7. The van der Waals surface area contributed by atoms with E-state index in [9.17, 15) is 35.1 Å². The van der Waals surface area contributed by atoms with E-state index >= 15 is 0 Å². The second-order valence-corrected chi connectivity index (χ2v) is 33.2. The summed E-state index contributed by atoms with van der Waals surface area (Å²) in [5, 5.41) is 49.1. The molecule has 0 aliphatic carbocycles. The molecular weight excluding hydrogens is 1050 g/mol. The second kappa shape index (κ2) is 24.9. The Morgan fingerprint density at radius 1 is 0.395 bits per heavy atom. The van der Waals surface area contributed by atoms with E-state index in [0.717, 1.165) is 61.2 Å². The van der Waals surface area contributed by atoms with E-state index in [2.05, 4.69) is 216 Å². The van der Waals surface area contributed by atoms with Gasteiger partial charge >= 0.3 is 17.2 Å². The topological polar surface area (TPSA) is 179 Å². The Labute approximate surface area is 492 Å². The SMILES string of the molecule is Cc1cc(C(C)(C)C)c(OC(c2c(C(C)(C)C)cc(C)cc2C(C)(C)C)C(CO)(CO)COP(O)OC(c2ccc(C(C)(C)C)cc2C(C)(C)C)(c2ccc(C(C)(C)C)cc2C(C)(C)C)C(CO)(CO)COP(O)O)c(C(C)(C)C)c1. The Kier molecular flexibility index (Phi) is 21.7. The van der Waals surface area contributed by atoms with Crippen LogP contribution in [0.4, 0.5) is 0 Å². The number of rotatable bonds is 19. The molecule has 0 heterocycles. The number of aryl methyl sites for hydroxylation is 2. The Morgan fingerprint density at radius 2 is 0.741 bits per heavy atom. The molecule has 456 valence electrons. The average Bonchev–Trinajstić information content (AvgIpc) is 3.47. The molecule has 2 unspecified atom stereocenters. The van der Waals surface area contributed by atoms with Crippen LogP contribution in [0.5, 0.6) is 5.75 Å². The first-order valence-corrected chi connectivity index (χ1v) is 31.2. The van der Waals surface area contributed by atoms with Crippen molar-refractivity contribution in [1.29, 1.82) is 0 Å². The van der Waals surface area contributed by atoms with Gasteiger partial charge in [0.15, 0.2) is 0 Å². The van der Waals surface area contributed by atoms with Gasteiger partial charge in [0.1, 0.15) is 17.5 Å². The lowest BCUT2D eigenvalue weighted by Gasteiger charge is -2.52. The van der Waals surface area contributed by atoms with Crippen molar-refractivity contribution in [2.45, 2.75) is 235 Å². The molecule has 0 radical (unpaired) electrons. The standard InChI is InChI=1S/C68H108O11P2/c1-43-31-51(62(15,16)17)55(52(32-43)63(18,19)20)57(78-56-53(64(21,22)23)33-44(2)34-54(56)65(24,25)26)66(37-69,38-70)41-77-81(75)79-68(67(39-71,40-72)42-76-80(73)74,47-29-27-45(58(3,4)5)35-49(47)60(9,10)11)48-30-28-46(59(6,7)8)36-50(48)61(12,13)14/h27-36,57,69-75H,37-42H2,1-26H3. The minimum Gasteiger partial charge on any atom is -0.484 e. The zero-order valence-corrected chi connectivity index (χ0v) is 56.5. The highest BCUT2D eigenvalue weighted by Crippen LogP contribution is 2.61. The molecule has 11 nitrogen and oxygen atoms in total. The number of aliphatic hydroxyl groups excluding tert-OH is 4. The van der Waals surface area contributed by atoms with Gasteiger partial charge in [-0.05, 0) is 102 Å². The minimum absolute atomic E-state index is 0.328. The summed E-state index contributed by atoms with van der Waals surface area (Å²) in [5.41, 5.74) is 1.56. The smallest absolute Gasteiger partial charge is 0.331 e. The Morgan fingerprint density at radius 3 is 1.04 bits per heavy atom. The summed E-state index contributed by atoms with van der Waals surface area (Å²) >= 11 is 0. The summed E-state index contributed by atoms with van der Waals surface area (Å²) in [4.78, 5) is 34.3. The van der Waals surface area contributed by atoms with Crippen molar-refractivity contribution >= 4 is 17.2 Å². The summed E-state index contributed by atoms with van der Waals surface area (Å²) < 4.78 is 27.8. The molecule has 4 aromatic rings. The third kappa shape index (κ3) is 15.6. The second-order valence-electron chi connectivity index (χ2n) is 31.6. The predicted octanol–water partition coefficient (Wildman–Crippen LogP) is 15.2. The van der Waals surface area contributed by atoms with Gasteiger partial charge in [-0.1, -0.05) is 238 Å². The van der Waals surface area contributed by atoms with Crippen LogP contribution in [-0.2, 0) is 62.5 Å². The van der Waals surface area contributed by atoms with Crippen LogP contribution in [0.1, 0.15) is 245 Å². The summed E-state index contributed by atoms with van der Waals surface area (Å²) in [6.07, 6.45) is -1.12. The van der Waals surface area contributed by atoms with E-state index in [4.69, 9.17) is 18.3 Å².